The van der Waals surface area contributed by atoms with Crippen molar-refractivity contribution >= 4 is 11.7 Å². The minimum Gasteiger partial charge on any atom is -0.456 e. The quantitative estimate of drug-likeness (QED) is 0.321. The lowest BCUT2D eigenvalue weighted by Crippen LogP contribution is -2.56. The highest BCUT2D eigenvalue weighted by Crippen LogP contribution is 2.17. The first kappa shape index (κ1) is 14.1. The number of nitrogens with zero attached hydrogens (tertiary/aromatic N) is 1. The van der Waals surface area contributed by atoms with Gasteiger partial charge in [0.25, 0.3) is 5.91 Å². The maximum Gasteiger partial charge on any atom is 0.287 e. The molecule has 0 unspecified atom stereocenters. The van der Waals surface area contributed by atoms with Crippen LogP contribution in [0.5, 0.6) is 0 Å². The largest absolute Gasteiger partial charge is 0.456 e. The Morgan fingerprint density at radius 2 is 2.11 bits per heavy atom. The van der Waals surface area contributed by atoms with E-state index in [0.717, 1.165) is 0 Å². The first-order chi connectivity index (χ1) is 8.49. The molecule has 0 aliphatic carbocycles. The third-order valence-electron chi connectivity index (χ3n) is 3.12. The standard InChI is InChI=1S/C12H19N3O3/c1-4-12(5-2,11(13)15-17)14-10(16)9-7-6-8(3)18-9/h6-7,17H,4-5H2,1-3H3,(H2,13,15)(H,14,16). The smallest absolute Gasteiger partial charge is 0.287 e. The van der Waals surface area contributed by atoms with Crippen LogP contribution in [0.1, 0.15) is 43.0 Å². The molecule has 1 aromatic heterocycles. The zero-order chi connectivity index (χ0) is 13.8. The average molecular weight is 253 g/mol. The van der Waals surface area contributed by atoms with Crippen LogP contribution in [0.15, 0.2) is 21.7 Å². The van der Waals surface area contributed by atoms with Crippen molar-refractivity contribution in [2.45, 2.75) is 39.2 Å². The summed E-state index contributed by atoms with van der Waals surface area (Å²) in [6.07, 6.45) is 1.04. The number of amidine groups is 1. The van der Waals surface area contributed by atoms with Crippen LogP contribution < -0.4 is 11.1 Å². The molecule has 0 aliphatic rings. The Balaban J connectivity index is 2.95. The van der Waals surface area contributed by atoms with E-state index in [2.05, 4.69) is 10.5 Å². The van der Waals surface area contributed by atoms with E-state index in [9.17, 15) is 4.79 Å². The van der Waals surface area contributed by atoms with Crippen LogP contribution in [0.3, 0.4) is 0 Å². The average Bonchev–Trinajstić information content (AvgIpc) is 2.81. The van der Waals surface area contributed by atoms with Gasteiger partial charge in [0.15, 0.2) is 11.6 Å². The summed E-state index contributed by atoms with van der Waals surface area (Å²) in [4.78, 5) is 12.0. The Morgan fingerprint density at radius 1 is 1.50 bits per heavy atom. The number of carbonyl (C=O) groups is 1. The van der Waals surface area contributed by atoms with Gasteiger partial charge >= 0.3 is 0 Å². The number of nitrogens with one attached hydrogen (secondary N) is 1. The molecule has 0 aliphatic heterocycles. The lowest BCUT2D eigenvalue weighted by Gasteiger charge is -2.30. The molecule has 100 valence electrons. The van der Waals surface area contributed by atoms with Crippen molar-refractivity contribution < 1.29 is 14.4 Å². The van der Waals surface area contributed by atoms with Gasteiger partial charge in [0.1, 0.15) is 11.3 Å². The third-order valence-corrected chi connectivity index (χ3v) is 3.12. The van der Waals surface area contributed by atoms with Crippen LogP contribution in [0, 0.1) is 6.92 Å². The lowest BCUT2D eigenvalue weighted by molar-refractivity contribution is 0.0888. The molecule has 1 amide bonds. The number of rotatable bonds is 5. The summed E-state index contributed by atoms with van der Waals surface area (Å²) in [5.74, 6) is 0.481. The van der Waals surface area contributed by atoms with Crippen LogP contribution in [0.2, 0.25) is 0 Å². The second-order valence-corrected chi connectivity index (χ2v) is 4.14. The van der Waals surface area contributed by atoms with Gasteiger partial charge in [-0.1, -0.05) is 19.0 Å². The Hall–Kier alpha value is -1.98. The van der Waals surface area contributed by atoms with Gasteiger partial charge in [0.2, 0.25) is 0 Å². The minimum atomic E-state index is -0.855. The van der Waals surface area contributed by atoms with Gasteiger partial charge in [-0.15, -0.1) is 0 Å². The monoisotopic (exact) mass is 253 g/mol. The van der Waals surface area contributed by atoms with Crippen LogP contribution in [0.4, 0.5) is 0 Å². The van der Waals surface area contributed by atoms with E-state index in [0.29, 0.717) is 18.6 Å². The topological polar surface area (TPSA) is 101 Å². The first-order valence-corrected chi connectivity index (χ1v) is 5.86. The van der Waals surface area contributed by atoms with Gasteiger partial charge in [0, 0.05) is 0 Å². The highest BCUT2D eigenvalue weighted by molar-refractivity contribution is 5.98. The highest BCUT2D eigenvalue weighted by atomic mass is 16.4. The molecule has 1 rings (SSSR count). The maximum atomic E-state index is 12.0. The Bertz CT molecular complexity index is 447. The maximum absolute atomic E-state index is 12.0. The molecule has 6 nitrogen and oxygen atoms in total. The second kappa shape index (κ2) is 5.57. The van der Waals surface area contributed by atoms with Crippen LogP contribution >= 0.6 is 0 Å². The summed E-state index contributed by atoms with van der Waals surface area (Å²) in [5.41, 5.74) is 4.80. The molecular weight excluding hydrogens is 234 g/mol. The van der Waals surface area contributed by atoms with Gasteiger partial charge in [-0.3, -0.25) is 4.79 Å². The first-order valence-electron chi connectivity index (χ1n) is 5.86. The van der Waals surface area contributed by atoms with E-state index < -0.39 is 5.54 Å². The minimum absolute atomic E-state index is 0.0101. The number of amides is 1. The molecule has 4 N–H and O–H groups in total. The van der Waals surface area contributed by atoms with Crippen molar-refractivity contribution in [3.05, 3.63) is 23.7 Å². The van der Waals surface area contributed by atoms with Crippen molar-refractivity contribution in [1.82, 2.24) is 5.32 Å². The van der Waals surface area contributed by atoms with E-state index in [-0.39, 0.29) is 17.5 Å². The van der Waals surface area contributed by atoms with E-state index in [4.69, 9.17) is 15.4 Å². The Labute approximate surface area is 106 Å². The second-order valence-electron chi connectivity index (χ2n) is 4.14. The predicted octanol–water partition coefficient (Wildman–Crippen LogP) is 1.62. The molecule has 0 radical (unpaired) electrons. The van der Waals surface area contributed by atoms with Gasteiger partial charge in [-0.05, 0) is 31.9 Å². The van der Waals surface area contributed by atoms with Crippen molar-refractivity contribution in [1.29, 1.82) is 0 Å². The van der Waals surface area contributed by atoms with Gasteiger partial charge < -0.3 is 20.7 Å². The molecule has 1 aromatic rings. The SMILES string of the molecule is CCC(CC)(NC(=O)c1ccc(C)o1)/C(N)=N/O. The normalized spacial score (nSPS) is 12.5. The number of furan rings is 1. The zero-order valence-corrected chi connectivity index (χ0v) is 10.9. The number of oxime groups is 1. The predicted molar refractivity (Wildman–Crippen MR) is 67.6 cm³/mol. The molecule has 0 fully saturated rings. The zero-order valence-electron chi connectivity index (χ0n) is 10.9. The summed E-state index contributed by atoms with van der Waals surface area (Å²) in [6.45, 7) is 5.47. The summed E-state index contributed by atoms with van der Waals surface area (Å²) in [6, 6.07) is 3.30. The molecular formula is C12H19N3O3. The molecule has 1 heterocycles. The van der Waals surface area contributed by atoms with Crippen molar-refractivity contribution in [3.8, 4) is 0 Å². The third kappa shape index (κ3) is 2.64. The van der Waals surface area contributed by atoms with Crippen LogP contribution in [0.25, 0.3) is 0 Å². The molecule has 0 atom stereocenters. The van der Waals surface area contributed by atoms with E-state index in [1.54, 1.807) is 19.1 Å². The molecule has 0 spiro atoms. The fraction of sp³-hybridized carbons (Fsp3) is 0.500. The number of nitrogens with two attached hydrogens (primary N) is 1. The van der Waals surface area contributed by atoms with E-state index in [1.807, 2.05) is 13.8 Å². The van der Waals surface area contributed by atoms with Gasteiger partial charge in [-0.25, -0.2) is 0 Å². The summed E-state index contributed by atoms with van der Waals surface area (Å²) >= 11 is 0. The number of hydrogen-bond acceptors (Lipinski definition) is 4. The number of aryl methyl sites for hydroxylation is 1. The van der Waals surface area contributed by atoms with Crippen molar-refractivity contribution in [2.75, 3.05) is 0 Å². The molecule has 0 saturated carbocycles. The Morgan fingerprint density at radius 3 is 2.50 bits per heavy atom. The number of hydrogen-bond donors (Lipinski definition) is 3. The highest BCUT2D eigenvalue weighted by Gasteiger charge is 2.34. The summed E-state index contributed by atoms with van der Waals surface area (Å²) in [5, 5.41) is 14.6. The molecule has 0 bridgehead atoms. The molecule has 18 heavy (non-hydrogen) atoms. The van der Waals surface area contributed by atoms with Crippen LogP contribution in [-0.4, -0.2) is 22.5 Å². The fourth-order valence-electron chi connectivity index (χ4n) is 1.78. The van der Waals surface area contributed by atoms with Crippen LogP contribution in [-0.2, 0) is 0 Å². The van der Waals surface area contributed by atoms with Gasteiger partial charge in [-0.2, -0.15) is 0 Å². The molecule has 0 saturated heterocycles. The Kier molecular flexibility index (Phi) is 4.36. The lowest BCUT2D eigenvalue weighted by atomic mass is 9.91. The number of carbonyl (C=O) groups excluding carboxylic acids is 1. The van der Waals surface area contributed by atoms with E-state index in [1.165, 1.54) is 0 Å². The fourth-order valence-corrected chi connectivity index (χ4v) is 1.78. The summed E-state index contributed by atoms with van der Waals surface area (Å²) < 4.78 is 5.24. The summed E-state index contributed by atoms with van der Waals surface area (Å²) in [7, 11) is 0. The van der Waals surface area contributed by atoms with Crippen molar-refractivity contribution in [3.63, 3.8) is 0 Å². The van der Waals surface area contributed by atoms with E-state index >= 15 is 0 Å². The molecule has 6 heteroatoms. The molecule has 0 aromatic carbocycles. The van der Waals surface area contributed by atoms with Gasteiger partial charge in [0.05, 0.1) is 0 Å². The van der Waals surface area contributed by atoms with Crippen molar-refractivity contribution in [2.24, 2.45) is 10.9 Å².